The van der Waals surface area contributed by atoms with Crippen molar-refractivity contribution < 1.29 is 17.9 Å². The third-order valence-corrected chi connectivity index (χ3v) is 7.43. The van der Waals surface area contributed by atoms with Crippen LogP contribution in [0.5, 0.6) is 0 Å². The second-order valence-corrected chi connectivity index (χ2v) is 9.68. The van der Waals surface area contributed by atoms with Gasteiger partial charge in [0.25, 0.3) is 0 Å². The molecule has 0 atom stereocenters. The van der Waals surface area contributed by atoms with E-state index in [1.807, 2.05) is 19.1 Å². The van der Waals surface area contributed by atoms with Crippen LogP contribution in [0, 0.1) is 6.92 Å². The lowest BCUT2D eigenvalue weighted by atomic mass is 10.2. The molecule has 0 unspecified atom stereocenters. The van der Waals surface area contributed by atoms with Gasteiger partial charge in [-0.05, 0) is 55.5 Å². The van der Waals surface area contributed by atoms with E-state index in [0.29, 0.717) is 27.9 Å². The monoisotopic (exact) mass is 472 g/mol. The third-order valence-electron chi connectivity index (χ3n) is 5.60. The van der Waals surface area contributed by atoms with Gasteiger partial charge in [0.05, 0.1) is 28.6 Å². The third kappa shape index (κ3) is 3.37. The number of rotatable bonds is 4. The number of nitrogen functional groups attached to an aromatic ring is 1. The molecule has 2 heterocycles. The van der Waals surface area contributed by atoms with Gasteiger partial charge in [0.2, 0.25) is 9.84 Å². The van der Waals surface area contributed by atoms with Crippen LogP contribution in [0.25, 0.3) is 27.9 Å². The van der Waals surface area contributed by atoms with Crippen LogP contribution in [-0.4, -0.2) is 36.0 Å². The molecule has 5 rings (SSSR count). The number of carbonyl (C=O) groups excluding carboxylic acids is 1. The van der Waals surface area contributed by atoms with Crippen LogP contribution in [0.2, 0.25) is 0 Å². The van der Waals surface area contributed by atoms with Crippen LogP contribution < -0.4 is 5.73 Å². The van der Waals surface area contributed by atoms with E-state index in [2.05, 4.69) is 4.98 Å². The van der Waals surface area contributed by atoms with Gasteiger partial charge in [-0.2, -0.15) is 0 Å². The summed E-state index contributed by atoms with van der Waals surface area (Å²) >= 11 is 0. The number of benzene rings is 3. The minimum atomic E-state index is -4.02. The smallest absolute Gasteiger partial charge is 0.337 e. The molecule has 9 heteroatoms. The summed E-state index contributed by atoms with van der Waals surface area (Å²) in [4.78, 5) is 21.2. The summed E-state index contributed by atoms with van der Waals surface area (Å²) in [7, 11) is -2.71. The van der Waals surface area contributed by atoms with Gasteiger partial charge >= 0.3 is 5.97 Å². The van der Waals surface area contributed by atoms with E-state index in [1.54, 1.807) is 60.7 Å². The molecular formula is C25H20N4O4S. The highest BCUT2D eigenvalue weighted by molar-refractivity contribution is 7.92. The van der Waals surface area contributed by atoms with Gasteiger partial charge < -0.3 is 10.5 Å². The largest absolute Gasteiger partial charge is 0.465 e. The number of nitrogens with zero attached hydrogens (tertiary/aromatic N) is 3. The molecule has 2 N–H and O–H groups in total. The van der Waals surface area contributed by atoms with Crippen molar-refractivity contribution in [3.8, 4) is 5.69 Å². The van der Waals surface area contributed by atoms with E-state index in [1.165, 1.54) is 11.7 Å². The minimum Gasteiger partial charge on any atom is -0.465 e. The zero-order chi connectivity index (χ0) is 24.0. The van der Waals surface area contributed by atoms with E-state index in [4.69, 9.17) is 15.5 Å². The minimum absolute atomic E-state index is 0.0169. The Labute approximate surface area is 195 Å². The second-order valence-electron chi connectivity index (χ2n) is 7.79. The zero-order valence-corrected chi connectivity index (χ0v) is 19.2. The Kier molecular flexibility index (Phi) is 5.06. The standard InChI is InChI=1S/C25H20N4O4S/c1-15-7-13-18(14-8-15)34(31,32)22-21-24(28-20-6-4-3-5-19(20)27-21)29(23(22)26)17-11-9-16(10-12-17)25(30)33-2/h3-14H,26H2,1-2H3. The lowest BCUT2D eigenvalue weighted by molar-refractivity contribution is 0.0600. The van der Waals surface area contributed by atoms with E-state index >= 15 is 0 Å². The Hall–Kier alpha value is -4.24. The molecule has 0 aliphatic carbocycles. The number of anilines is 1. The van der Waals surface area contributed by atoms with E-state index in [-0.39, 0.29) is 21.1 Å². The maximum atomic E-state index is 13.7. The molecule has 34 heavy (non-hydrogen) atoms. The van der Waals surface area contributed by atoms with Crippen molar-refractivity contribution in [1.29, 1.82) is 0 Å². The molecule has 0 radical (unpaired) electrons. The van der Waals surface area contributed by atoms with Crippen molar-refractivity contribution in [3.63, 3.8) is 0 Å². The molecule has 0 aliphatic rings. The molecule has 5 aromatic rings. The molecule has 0 fully saturated rings. The van der Waals surface area contributed by atoms with E-state index < -0.39 is 15.8 Å². The normalized spacial score (nSPS) is 11.7. The number of hydrogen-bond donors (Lipinski definition) is 1. The Balaban J connectivity index is 1.83. The number of fused-ring (bicyclic) bond motifs is 2. The molecule has 8 nitrogen and oxygen atoms in total. The quantitative estimate of drug-likeness (QED) is 0.392. The number of nitrogens with two attached hydrogens (primary N) is 1. The number of ether oxygens (including phenoxy) is 1. The highest BCUT2D eigenvalue weighted by Crippen LogP contribution is 2.37. The summed E-state index contributed by atoms with van der Waals surface area (Å²) in [5, 5.41) is 0. The number of sulfone groups is 1. The number of hydrogen-bond acceptors (Lipinski definition) is 7. The average Bonchev–Trinajstić information content (AvgIpc) is 3.13. The fraction of sp³-hybridized carbons (Fsp3) is 0.0800. The molecule has 0 saturated carbocycles. The molecule has 0 bridgehead atoms. The average molecular weight is 473 g/mol. The first-order valence-corrected chi connectivity index (χ1v) is 11.9. The number of esters is 1. The van der Waals surface area contributed by atoms with Gasteiger partial charge in [0, 0.05) is 5.69 Å². The lowest BCUT2D eigenvalue weighted by Gasteiger charge is -2.09. The Morgan fingerprint density at radius 3 is 2.15 bits per heavy atom. The highest BCUT2D eigenvalue weighted by atomic mass is 32.2. The second kappa shape index (κ2) is 7.96. The molecule has 2 aromatic heterocycles. The molecule has 0 aliphatic heterocycles. The van der Waals surface area contributed by atoms with Crippen molar-refractivity contribution >= 4 is 43.8 Å². The van der Waals surface area contributed by atoms with Crippen molar-refractivity contribution in [2.24, 2.45) is 0 Å². The SMILES string of the molecule is COC(=O)c1ccc(-n2c(N)c(S(=O)(=O)c3ccc(C)cc3)c3nc4ccccc4nc32)cc1. The summed E-state index contributed by atoms with van der Waals surface area (Å²) in [5.74, 6) is -0.498. The summed E-state index contributed by atoms with van der Waals surface area (Å²) < 4.78 is 33.7. The van der Waals surface area contributed by atoms with Gasteiger partial charge in [-0.1, -0.05) is 29.8 Å². The number of aromatic nitrogens is 3. The Morgan fingerprint density at radius 2 is 1.53 bits per heavy atom. The van der Waals surface area contributed by atoms with Crippen molar-refractivity contribution in [2.45, 2.75) is 16.7 Å². The predicted molar refractivity (Wildman–Crippen MR) is 129 cm³/mol. The molecule has 170 valence electrons. The van der Waals surface area contributed by atoms with Crippen LogP contribution in [-0.2, 0) is 14.6 Å². The molecular weight excluding hydrogens is 452 g/mol. The van der Waals surface area contributed by atoms with Gasteiger partial charge in [-0.25, -0.2) is 23.2 Å². The first-order valence-electron chi connectivity index (χ1n) is 10.4. The number of para-hydroxylation sites is 2. The maximum absolute atomic E-state index is 13.7. The first-order chi connectivity index (χ1) is 16.3. The molecule has 0 spiro atoms. The van der Waals surface area contributed by atoms with Crippen LogP contribution in [0.4, 0.5) is 5.82 Å². The molecule has 0 amide bonds. The number of methoxy groups -OCH3 is 1. The maximum Gasteiger partial charge on any atom is 0.337 e. The van der Waals surface area contributed by atoms with Crippen molar-refractivity contribution in [3.05, 3.63) is 83.9 Å². The van der Waals surface area contributed by atoms with E-state index in [0.717, 1.165) is 5.56 Å². The Morgan fingerprint density at radius 1 is 0.912 bits per heavy atom. The first kappa shape index (κ1) is 21.6. The van der Waals surface area contributed by atoms with Gasteiger partial charge in [0.15, 0.2) is 5.65 Å². The van der Waals surface area contributed by atoms with Gasteiger partial charge in [-0.3, -0.25) is 4.57 Å². The zero-order valence-electron chi connectivity index (χ0n) is 18.4. The fourth-order valence-electron chi connectivity index (χ4n) is 3.86. The summed E-state index contributed by atoms with van der Waals surface area (Å²) in [6.07, 6.45) is 0. The summed E-state index contributed by atoms with van der Waals surface area (Å²) in [6, 6.07) is 20.2. The fourth-order valence-corrected chi connectivity index (χ4v) is 5.35. The molecule has 3 aromatic carbocycles. The Bertz CT molecular complexity index is 1670. The predicted octanol–water partition coefficient (Wildman–Crippen LogP) is 4.08. The number of aryl methyl sites for hydroxylation is 1. The number of carbonyl (C=O) groups is 1. The van der Waals surface area contributed by atoms with Crippen LogP contribution in [0.15, 0.2) is 82.6 Å². The van der Waals surface area contributed by atoms with E-state index in [9.17, 15) is 13.2 Å². The summed E-state index contributed by atoms with van der Waals surface area (Å²) in [6.45, 7) is 1.88. The topological polar surface area (TPSA) is 117 Å². The van der Waals surface area contributed by atoms with Crippen molar-refractivity contribution in [2.75, 3.05) is 12.8 Å². The van der Waals surface area contributed by atoms with Gasteiger partial charge in [-0.15, -0.1) is 0 Å². The summed E-state index contributed by atoms with van der Waals surface area (Å²) in [5.41, 5.74) is 9.94. The van der Waals surface area contributed by atoms with Crippen LogP contribution >= 0.6 is 0 Å². The highest BCUT2D eigenvalue weighted by Gasteiger charge is 2.30. The van der Waals surface area contributed by atoms with Crippen LogP contribution in [0.1, 0.15) is 15.9 Å². The van der Waals surface area contributed by atoms with Gasteiger partial charge in [0.1, 0.15) is 16.2 Å². The lowest BCUT2D eigenvalue weighted by Crippen LogP contribution is -2.08. The van der Waals surface area contributed by atoms with Crippen molar-refractivity contribution in [1.82, 2.24) is 14.5 Å². The van der Waals surface area contributed by atoms with Crippen LogP contribution in [0.3, 0.4) is 0 Å². The molecule has 0 saturated heterocycles.